The predicted octanol–water partition coefficient (Wildman–Crippen LogP) is 4.49. The number of benzene rings is 1. The van der Waals surface area contributed by atoms with Crippen LogP contribution < -0.4 is 0 Å². The van der Waals surface area contributed by atoms with Gasteiger partial charge in [0, 0.05) is 5.02 Å². The van der Waals surface area contributed by atoms with E-state index in [1.807, 2.05) is 24.3 Å². The first kappa shape index (κ1) is 19.5. The molecule has 0 spiro atoms. The third kappa shape index (κ3) is 8.03. The second kappa shape index (κ2) is 11.1. The molecule has 0 amide bonds. The number of hydrogen-bond acceptors (Lipinski definition) is 3. The summed E-state index contributed by atoms with van der Waals surface area (Å²) in [5.41, 5.74) is 1.28. The van der Waals surface area contributed by atoms with E-state index in [0.29, 0.717) is 6.42 Å². The smallest absolute Gasteiger partial charge is 0.320 e. The summed E-state index contributed by atoms with van der Waals surface area (Å²) in [6, 6.07) is 7.88. The van der Waals surface area contributed by atoms with E-state index >= 15 is 0 Å². The van der Waals surface area contributed by atoms with Crippen LogP contribution in [0.4, 0.5) is 0 Å². The van der Waals surface area contributed by atoms with Gasteiger partial charge in [-0.05, 0) is 43.9 Å². The summed E-state index contributed by atoms with van der Waals surface area (Å²) >= 11 is 5.85. The molecule has 1 aromatic carbocycles. The Morgan fingerprint density at radius 2 is 1.70 bits per heavy atom. The molecule has 1 N–H and O–H groups in total. The Morgan fingerprint density at radius 3 is 2.30 bits per heavy atom. The van der Waals surface area contributed by atoms with Crippen molar-refractivity contribution in [1.82, 2.24) is 0 Å². The molecule has 0 unspecified atom stereocenters. The highest BCUT2D eigenvalue weighted by Crippen LogP contribution is 2.16. The van der Waals surface area contributed by atoms with Gasteiger partial charge in [-0.25, -0.2) is 0 Å². The monoisotopic (exact) mass is 340 g/mol. The first-order chi connectivity index (χ1) is 11.0. The van der Waals surface area contributed by atoms with Gasteiger partial charge in [0.05, 0.1) is 6.61 Å². The van der Waals surface area contributed by atoms with Crippen LogP contribution in [0.1, 0.15) is 51.0 Å². The Bertz CT molecular complexity index is 484. The van der Waals surface area contributed by atoms with Crippen LogP contribution >= 0.6 is 11.6 Å². The van der Waals surface area contributed by atoms with Crippen LogP contribution in [0.3, 0.4) is 0 Å². The van der Waals surface area contributed by atoms with Crippen molar-refractivity contribution < 1.29 is 19.4 Å². The van der Waals surface area contributed by atoms with Crippen LogP contribution in [0.2, 0.25) is 5.02 Å². The Labute approximate surface area is 142 Å². The summed E-state index contributed by atoms with van der Waals surface area (Å²) in [5, 5.41) is 9.80. The lowest BCUT2D eigenvalue weighted by Gasteiger charge is -2.10. The van der Waals surface area contributed by atoms with Crippen LogP contribution in [0.25, 0.3) is 0 Å². The number of esters is 1. The highest BCUT2D eigenvalue weighted by Gasteiger charge is 2.26. The van der Waals surface area contributed by atoms with Crippen molar-refractivity contribution in [3.8, 4) is 0 Å². The number of carbonyl (C=O) groups excluding carboxylic acids is 1. The average Bonchev–Trinajstić information content (AvgIpc) is 2.51. The number of halogens is 1. The summed E-state index contributed by atoms with van der Waals surface area (Å²) in [6.45, 7) is 1.89. The number of unbranched alkanes of at least 4 members (excludes halogenated alkanes) is 4. The largest absolute Gasteiger partial charge is 0.481 e. The van der Waals surface area contributed by atoms with Gasteiger partial charge in [-0.2, -0.15) is 0 Å². The van der Waals surface area contributed by atoms with E-state index in [0.717, 1.165) is 43.5 Å². The minimum absolute atomic E-state index is 0.216. The molecule has 0 aliphatic rings. The van der Waals surface area contributed by atoms with E-state index in [9.17, 15) is 9.59 Å². The first-order valence-corrected chi connectivity index (χ1v) is 8.56. The molecule has 1 aromatic rings. The highest BCUT2D eigenvalue weighted by atomic mass is 35.5. The van der Waals surface area contributed by atoms with E-state index in [-0.39, 0.29) is 6.61 Å². The molecule has 4 nitrogen and oxygen atoms in total. The van der Waals surface area contributed by atoms with Gasteiger partial charge < -0.3 is 9.84 Å². The Morgan fingerprint density at radius 1 is 1.09 bits per heavy atom. The number of carbonyl (C=O) groups is 2. The first-order valence-electron chi connectivity index (χ1n) is 8.18. The van der Waals surface area contributed by atoms with Gasteiger partial charge in [0.15, 0.2) is 5.92 Å². The Hall–Kier alpha value is -1.55. The molecule has 0 saturated heterocycles. The summed E-state index contributed by atoms with van der Waals surface area (Å²) < 4.78 is 4.79. The predicted molar refractivity (Wildman–Crippen MR) is 90.6 cm³/mol. The maximum atomic E-state index is 11.5. The molecule has 0 aromatic heterocycles. The number of carboxylic acids is 1. The number of ether oxygens (including phenoxy) is 1. The molecule has 5 heteroatoms. The molecule has 0 aliphatic heterocycles. The molecule has 0 saturated carbocycles. The summed E-state index contributed by atoms with van der Waals surface area (Å²) in [4.78, 5) is 22.6. The summed E-state index contributed by atoms with van der Waals surface area (Å²) in [5.74, 6) is -2.74. The van der Waals surface area contributed by atoms with Crippen molar-refractivity contribution in [3.63, 3.8) is 0 Å². The van der Waals surface area contributed by atoms with Gasteiger partial charge in [0.2, 0.25) is 0 Å². The lowest BCUT2D eigenvalue weighted by Crippen LogP contribution is -2.25. The average molecular weight is 341 g/mol. The van der Waals surface area contributed by atoms with Crippen LogP contribution in [-0.4, -0.2) is 23.7 Å². The third-order valence-electron chi connectivity index (χ3n) is 3.74. The molecule has 0 heterocycles. The van der Waals surface area contributed by atoms with Gasteiger partial charge in [-0.3, -0.25) is 9.59 Å². The van der Waals surface area contributed by atoms with Gasteiger partial charge in [0.1, 0.15) is 0 Å². The van der Waals surface area contributed by atoms with Crippen molar-refractivity contribution in [2.45, 2.75) is 51.9 Å². The Balaban J connectivity index is 2.13. The van der Waals surface area contributed by atoms with Crippen LogP contribution in [-0.2, 0) is 20.7 Å². The van der Waals surface area contributed by atoms with E-state index in [1.54, 1.807) is 6.92 Å². The third-order valence-corrected chi connectivity index (χ3v) is 3.99. The van der Waals surface area contributed by atoms with Gasteiger partial charge in [-0.1, -0.05) is 49.4 Å². The molecule has 0 bridgehead atoms. The van der Waals surface area contributed by atoms with Crippen LogP contribution in [0.15, 0.2) is 24.3 Å². The molecular weight excluding hydrogens is 316 g/mol. The van der Waals surface area contributed by atoms with Crippen molar-refractivity contribution in [2.75, 3.05) is 6.61 Å². The van der Waals surface area contributed by atoms with Crippen molar-refractivity contribution in [2.24, 2.45) is 5.92 Å². The number of aryl methyl sites for hydroxylation is 1. The molecular formula is C18H25ClO4. The fourth-order valence-electron chi connectivity index (χ4n) is 2.44. The molecule has 0 fully saturated rings. The quantitative estimate of drug-likeness (QED) is 0.366. The molecule has 1 rings (SSSR count). The van der Waals surface area contributed by atoms with E-state index in [4.69, 9.17) is 21.4 Å². The van der Waals surface area contributed by atoms with E-state index < -0.39 is 17.9 Å². The van der Waals surface area contributed by atoms with Gasteiger partial charge >= 0.3 is 11.9 Å². The molecule has 0 aliphatic carbocycles. The second-order valence-corrected chi connectivity index (χ2v) is 6.01. The zero-order chi connectivity index (χ0) is 17.1. The van der Waals surface area contributed by atoms with Crippen LogP contribution in [0.5, 0.6) is 0 Å². The molecule has 0 radical (unpaired) electrons. The maximum Gasteiger partial charge on any atom is 0.320 e. The van der Waals surface area contributed by atoms with E-state index in [2.05, 4.69) is 0 Å². The van der Waals surface area contributed by atoms with Gasteiger partial charge in [-0.15, -0.1) is 0 Å². The highest BCUT2D eigenvalue weighted by molar-refractivity contribution is 6.30. The fourth-order valence-corrected chi connectivity index (χ4v) is 2.57. The summed E-state index contributed by atoms with van der Waals surface area (Å²) in [6.07, 6.45) is 6.29. The Kier molecular flexibility index (Phi) is 9.37. The topological polar surface area (TPSA) is 63.6 Å². The normalized spacial score (nSPS) is 11.9. The zero-order valence-electron chi connectivity index (χ0n) is 13.6. The number of aliphatic carboxylic acids is 1. The maximum absolute atomic E-state index is 11.5. The van der Waals surface area contributed by atoms with Crippen molar-refractivity contribution >= 4 is 23.5 Å². The number of rotatable bonds is 11. The molecule has 23 heavy (non-hydrogen) atoms. The lowest BCUT2D eigenvalue weighted by atomic mass is 10.00. The zero-order valence-corrected chi connectivity index (χ0v) is 14.3. The van der Waals surface area contributed by atoms with Crippen molar-refractivity contribution in [3.05, 3.63) is 34.9 Å². The second-order valence-electron chi connectivity index (χ2n) is 5.58. The van der Waals surface area contributed by atoms with E-state index in [1.165, 1.54) is 5.56 Å². The van der Waals surface area contributed by atoms with Gasteiger partial charge in [0.25, 0.3) is 0 Å². The molecule has 128 valence electrons. The minimum Gasteiger partial charge on any atom is -0.481 e. The standard InChI is InChI=1S/C18H25ClO4/c1-2-23-18(22)16(17(20)21)9-7-5-3-4-6-8-14-10-12-15(19)13-11-14/h10-13,16H,2-9H2,1H3,(H,20,21)/t16-/m1/s1. The SMILES string of the molecule is CCOC(=O)[C@H](CCCCCCCc1ccc(Cl)cc1)C(=O)O. The number of carboxylic acid groups (broad SMARTS) is 1. The fraction of sp³-hybridized carbons (Fsp3) is 0.556. The minimum atomic E-state index is -1.09. The van der Waals surface area contributed by atoms with Crippen LogP contribution in [0, 0.1) is 5.92 Å². The molecule has 1 atom stereocenters. The van der Waals surface area contributed by atoms with Crippen molar-refractivity contribution in [1.29, 1.82) is 0 Å². The number of hydrogen-bond donors (Lipinski definition) is 1. The summed E-state index contributed by atoms with van der Waals surface area (Å²) in [7, 11) is 0. The lowest BCUT2D eigenvalue weighted by molar-refractivity contribution is -0.158.